The number of pyridine rings is 1. The Morgan fingerprint density at radius 3 is 2.53 bits per heavy atom. The topological polar surface area (TPSA) is 82.0 Å². The molecule has 2 aromatic carbocycles. The fraction of sp³-hybridized carbons (Fsp3) is 0.400. The van der Waals surface area contributed by atoms with Gasteiger partial charge in [-0.25, -0.2) is 14.1 Å². The Labute approximate surface area is 263 Å². The number of aryl methyl sites for hydroxylation is 1. The van der Waals surface area contributed by atoms with Crippen molar-refractivity contribution in [2.75, 3.05) is 51.9 Å². The molecule has 6 rings (SSSR count). The minimum absolute atomic E-state index is 0.0895. The summed E-state index contributed by atoms with van der Waals surface area (Å²) in [6, 6.07) is 19.0. The second-order valence-electron chi connectivity index (χ2n) is 11.9. The number of hydroxylamine groups is 2. The zero-order valence-corrected chi connectivity index (χ0v) is 26.3. The van der Waals surface area contributed by atoms with Crippen LogP contribution in [0.1, 0.15) is 34.9 Å². The summed E-state index contributed by atoms with van der Waals surface area (Å²) in [5, 5.41) is 6.86. The molecule has 0 spiro atoms. The third-order valence-electron chi connectivity index (χ3n) is 8.81. The summed E-state index contributed by atoms with van der Waals surface area (Å²) in [6.07, 6.45) is 2.28. The van der Waals surface area contributed by atoms with E-state index in [1.165, 1.54) is 6.07 Å². The Kier molecular flexibility index (Phi) is 9.37. The van der Waals surface area contributed by atoms with Crippen molar-refractivity contribution in [2.45, 2.75) is 38.9 Å². The van der Waals surface area contributed by atoms with E-state index in [1.54, 1.807) is 27.2 Å². The van der Waals surface area contributed by atoms with Crippen LogP contribution in [0.5, 0.6) is 0 Å². The lowest BCUT2D eigenvalue weighted by atomic mass is 9.90. The predicted molar refractivity (Wildman–Crippen MR) is 170 cm³/mol. The lowest BCUT2D eigenvalue weighted by molar-refractivity contribution is -0.155. The normalized spacial score (nSPS) is 18.8. The van der Waals surface area contributed by atoms with Gasteiger partial charge in [0.2, 0.25) is 0 Å². The average molecular weight is 614 g/mol. The van der Waals surface area contributed by atoms with Gasteiger partial charge in [-0.3, -0.25) is 9.63 Å². The molecule has 0 radical (unpaired) electrons. The fourth-order valence-corrected chi connectivity index (χ4v) is 6.17. The van der Waals surface area contributed by atoms with Crippen LogP contribution in [0.4, 0.5) is 10.2 Å². The largest absolute Gasteiger partial charge is 0.383 e. The number of carbonyl (C=O) groups excluding carboxylic acids is 1. The van der Waals surface area contributed by atoms with E-state index < -0.39 is 0 Å². The number of ether oxygens (including phenoxy) is 2. The van der Waals surface area contributed by atoms with E-state index in [0.717, 1.165) is 52.7 Å². The average Bonchev–Trinajstić information content (AvgIpc) is 3.58. The third kappa shape index (κ3) is 6.69. The first kappa shape index (κ1) is 31.0. The molecule has 236 valence electrons. The van der Waals surface area contributed by atoms with Gasteiger partial charge in [-0.05, 0) is 60.9 Å². The van der Waals surface area contributed by atoms with Gasteiger partial charge >= 0.3 is 0 Å². The molecule has 2 aromatic heterocycles. The van der Waals surface area contributed by atoms with Crippen molar-refractivity contribution < 1.29 is 23.5 Å². The highest BCUT2D eigenvalue weighted by atomic mass is 19.1. The quantitative estimate of drug-likeness (QED) is 0.214. The third-order valence-corrected chi connectivity index (χ3v) is 8.81. The number of hydrogen-bond acceptors (Lipinski definition) is 8. The molecule has 0 bridgehead atoms. The van der Waals surface area contributed by atoms with Crippen LogP contribution in [0.2, 0.25) is 0 Å². The van der Waals surface area contributed by atoms with Crippen LogP contribution in [-0.2, 0) is 25.5 Å². The van der Waals surface area contributed by atoms with Gasteiger partial charge in [0.15, 0.2) is 0 Å². The van der Waals surface area contributed by atoms with Crippen molar-refractivity contribution in [1.29, 1.82) is 0 Å². The van der Waals surface area contributed by atoms with E-state index in [2.05, 4.69) is 4.90 Å². The number of methoxy groups -OCH3 is 2. The number of Topliss-reactive ketones (excluding diaryl/α,β-unsaturated/α-hetero) is 1. The maximum Gasteiger partial charge on any atom is 0.139 e. The molecule has 0 saturated carbocycles. The van der Waals surface area contributed by atoms with Crippen LogP contribution in [0.3, 0.4) is 0 Å². The molecule has 4 heterocycles. The van der Waals surface area contributed by atoms with Gasteiger partial charge < -0.3 is 14.4 Å². The number of nitrogens with zero attached hydrogens (tertiary/aromatic N) is 5. The Hall–Kier alpha value is -3.96. The molecule has 4 aromatic rings. The first-order chi connectivity index (χ1) is 21.8. The van der Waals surface area contributed by atoms with Crippen LogP contribution in [-0.4, -0.2) is 78.7 Å². The number of para-hydroxylation sites is 1. The molecule has 9 nitrogen and oxygen atoms in total. The standard InChI is InChI=1S/C35H40FN5O4/c1-23-16-25(10-12-31(23)36)35-27(20-40(45-35)14-15-43-3)17-29(42)18-32-24(2)34(38-41(32)28-8-6-5-7-9-28)26-11-13-33(37-19-26)39-21-30(22-39)44-4/h5-13,16,19,27,30,35H,14-15,17-18,20-22H2,1-4H3/t27-,35+/m1/s1. The van der Waals surface area contributed by atoms with E-state index in [9.17, 15) is 9.18 Å². The van der Waals surface area contributed by atoms with Gasteiger partial charge in [-0.1, -0.05) is 30.3 Å². The number of aromatic nitrogens is 3. The number of rotatable bonds is 12. The molecule has 2 aliphatic rings. The molecule has 2 fully saturated rings. The zero-order valence-electron chi connectivity index (χ0n) is 26.3. The first-order valence-electron chi connectivity index (χ1n) is 15.4. The summed E-state index contributed by atoms with van der Waals surface area (Å²) < 4.78 is 26.6. The predicted octanol–water partition coefficient (Wildman–Crippen LogP) is 5.28. The van der Waals surface area contributed by atoms with Crippen molar-refractivity contribution in [3.63, 3.8) is 0 Å². The summed E-state index contributed by atoms with van der Waals surface area (Å²) in [6.45, 7) is 7.09. The molecule has 2 aliphatic heterocycles. The lowest BCUT2D eigenvalue weighted by Crippen LogP contribution is -2.52. The van der Waals surface area contributed by atoms with Crippen LogP contribution < -0.4 is 4.90 Å². The van der Waals surface area contributed by atoms with Crippen molar-refractivity contribution in [3.8, 4) is 16.9 Å². The monoisotopic (exact) mass is 613 g/mol. The van der Waals surface area contributed by atoms with Gasteiger partial charge in [-0.2, -0.15) is 10.2 Å². The summed E-state index contributed by atoms with van der Waals surface area (Å²) >= 11 is 0. The number of carbonyl (C=O) groups is 1. The molecule has 0 aliphatic carbocycles. The number of hydrogen-bond donors (Lipinski definition) is 0. The number of halogens is 1. The van der Waals surface area contributed by atoms with Gasteiger partial charge in [0.05, 0.1) is 29.8 Å². The first-order valence-corrected chi connectivity index (χ1v) is 15.4. The summed E-state index contributed by atoms with van der Waals surface area (Å²) in [5.41, 5.74) is 5.80. The highest BCUT2D eigenvalue weighted by Gasteiger charge is 2.37. The molecular weight excluding hydrogens is 573 g/mol. The maximum absolute atomic E-state index is 14.1. The molecular formula is C35H40FN5O4. The minimum atomic E-state index is -0.351. The summed E-state index contributed by atoms with van der Waals surface area (Å²) in [7, 11) is 3.38. The number of anilines is 1. The van der Waals surface area contributed by atoms with Crippen LogP contribution in [0.15, 0.2) is 66.9 Å². The van der Waals surface area contributed by atoms with Gasteiger partial charge in [-0.15, -0.1) is 0 Å². The summed E-state index contributed by atoms with van der Waals surface area (Å²) in [4.78, 5) is 27.0. The minimum Gasteiger partial charge on any atom is -0.383 e. The van der Waals surface area contributed by atoms with E-state index in [4.69, 9.17) is 24.4 Å². The highest BCUT2D eigenvalue weighted by molar-refractivity contribution is 5.82. The SMILES string of the molecule is COCCN1C[C@@H](CC(=O)Cc2c(C)c(-c3ccc(N4CC(OC)C4)nc3)nn2-c2ccccc2)[C@H](c2ccc(F)c(C)c2)O1. The van der Waals surface area contributed by atoms with Crippen molar-refractivity contribution in [1.82, 2.24) is 19.8 Å². The molecule has 0 amide bonds. The van der Waals surface area contributed by atoms with E-state index in [0.29, 0.717) is 31.7 Å². The molecule has 0 unspecified atom stereocenters. The Bertz CT molecular complexity index is 1620. The smallest absolute Gasteiger partial charge is 0.139 e. The molecule has 10 heteroatoms. The van der Waals surface area contributed by atoms with Gasteiger partial charge in [0, 0.05) is 70.9 Å². The van der Waals surface area contributed by atoms with Crippen LogP contribution in [0, 0.1) is 25.6 Å². The fourth-order valence-electron chi connectivity index (χ4n) is 6.17. The van der Waals surface area contributed by atoms with Crippen molar-refractivity contribution in [2.24, 2.45) is 5.92 Å². The Morgan fingerprint density at radius 2 is 1.84 bits per heavy atom. The maximum atomic E-state index is 14.1. The Morgan fingerprint density at radius 1 is 1.04 bits per heavy atom. The zero-order chi connectivity index (χ0) is 31.5. The van der Waals surface area contributed by atoms with Gasteiger partial charge in [0.25, 0.3) is 0 Å². The van der Waals surface area contributed by atoms with E-state index >= 15 is 0 Å². The summed E-state index contributed by atoms with van der Waals surface area (Å²) in [5.74, 6) is 0.646. The molecule has 2 saturated heterocycles. The van der Waals surface area contributed by atoms with E-state index in [-0.39, 0.29) is 36.1 Å². The second kappa shape index (κ2) is 13.6. The lowest BCUT2D eigenvalue weighted by Gasteiger charge is -2.38. The van der Waals surface area contributed by atoms with E-state index in [1.807, 2.05) is 71.4 Å². The molecule has 0 N–H and O–H groups in total. The Balaban J connectivity index is 1.25. The highest BCUT2D eigenvalue weighted by Crippen LogP contribution is 2.37. The molecule has 2 atom stereocenters. The number of ketones is 1. The van der Waals surface area contributed by atoms with Crippen LogP contribution in [0.25, 0.3) is 16.9 Å². The van der Waals surface area contributed by atoms with Crippen molar-refractivity contribution >= 4 is 11.6 Å². The number of benzene rings is 2. The second-order valence-corrected chi connectivity index (χ2v) is 11.9. The van der Waals surface area contributed by atoms with Crippen LogP contribution >= 0.6 is 0 Å². The molecule has 45 heavy (non-hydrogen) atoms. The van der Waals surface area contributed by atoms with Gasteiger partial charge in [0.1, 0.15) is 23.5 Å². The van der Waals surface area contributed by atoms with Crippen molar-refractivity contribution in [3.05, 3.63) is 95.1 Å².